The fourth-order valence-corrected chi connectivity index (χ4v) is 5.39. The fourth-order valence-electron chi connectivity index (χ4n) is 3.66. The van der Waals surface area contributed by atoms with Crippen molar-refractivity contribution >= 4 is 34.4 Å². The van der Waals surface area contributed by atoms with Crippen molar-refractivity contribution < 1.29 is 46.6 Å². The summed E-state index contributed by atoms with van der Waals surface area (Å²) in [5.41, 5.74) is -3.78. The van der Waals surface area contributed by atoms with E-state index in [0.29, 0.717) is 10.9 Å². The highest BCUT2D eigenvalue weighted by atomic mass is 35.5. The Labute approximate surface area is 212 Å². The van der Waals surface area contributed by atoms with Crippen LogP contribution in [0.15, 0.2) is 29.3 Å². The molecule has 1 unspecified atom stereocenters. The summed E-state index contributed by atoms with van der Waals surface area (Å²) in [6.07, 6.45) is -4.26. The quantitative estimate of drug-likeness (QED) is 0.185. The van der Waals surface area contributed by atoms with Gasteiger partial charge in [0, 0.05) is 17.2 Å². The first-order valence-electron chi connectivity index (χ1n) is 9.89. The summed E-state index contributed by atoms with van der Waals surface area (Å²) in [7, 11) is 0. The number of benzene rings is 2. The zero-order valence-electron chi connectivity index (χ0n) is 17.5. The maximum Gasteiger partial charge on any atom is 0.250 e. The molecule has 1 aromatic heterocycles. The van der Waals surface area contributed by atoms with E-state index in [-0.39, 0.29) is 14.9 Å². The Hall–Kier alpha value is -2.04. The Balaban J connectivity index is 1.73. The molecule has 4 rings (SSSR count). The number of nitrogens with zero attached hydrogens (tertiary/aromatic N) is 3. The highest BCUT2D eigenvalue weighted by Gasteiger charge is 2.51. The van der Waals surface area contributed by atoms with Crippen LogP contribution in [0.3, 0.4) is 0 Å². The molecule has 0 saturated carbocycles. The van der Waals surface area contributed by atoms with Crippen LogP contribution in [0.4, 0.5) is 22.0 Å². The molecule has 0 bridgehead atoms. The summed E-state index contributed by atoms with van der Waals surface area (Å²) >= 11 is 9.64. The van der Waals surface area contributed by atoms with Gasteiger partial charge in [-0.15, -0.1) is 5.10 Å². The molecule has 3 aromatic rings. The second kappa shape index (κ2) is 10.4. The van der Waals surface area contributed by atoms with Crippen molar-refractivity contribution in [3.05, 3.63) is 63.5 Å². The molecule has 0 spiro atoms. The minimum absolute atomic E-state index is 0.0480. The molecule has 36 heavy (non-hydrogen) atoms. The second-order valence-corrected chi connectivity index (χ2v) is 9.94. The van der Waals surface area contributed by atoms with Crippen LogP contribution in [0.1, 0.15) is 6.04 Å². The first-order chi connectivity index (χ1) is 17.0. The lowest BCUT2D eigenvalue weighted by Gasteiger charge is -2.41. The van der Waals surface area contributed by atoms with E-state index < -0.39 is 87.9 Å². The van der Waals surface area contributed by atoms with Crippen molar-refractivity contribution in [2.75, 3.05) is 6.61 Å². The molecular formula is C20H14Cl2F5N3O5S. The Bertz CT molecular complexity index is 1280. The van der Waals surface area contributed by atoms with Gasteiger partial charge in [0.2, 0.25) is 11.3 Å². The van der Waals surface area contributed by atoms with Gasteiger partial charge in [0.15, 0.2) is 34.3 Å². The van der Waals surface area contributed by atoms with Crippen molar-refractivity contribution in [1.29, 1.82) is 0 Å². The molecule has 1 fully saturated rings. The van der Waals surface area contributed by atoms with Gasteiger partial charge in [0.1, 0.15) is 23.9 Å². The molecule has 8 nitrogen and oxygen atoms in total. The third-order valence-electron chi connectivity index (χ3n) is 5.46. The van der Waals surface area contributed by atoms with Crippen LogP contribution < -0.4 is 0 Å². The van der Waals surface area contributed by atoms with Gasteiger partial charge < -0.3 is 24.6 Å². The van der Waals surface area contributed by atoms with Crippen LogP contribution in [-0.2, 0) is 15.9 Å². The van der Waals surface area contributed by atoms with E-state index in [4.69, 9.17) is 27.9 Å². The van der Waals surface area contributed by atoms with Crippen molar-refractivity contribution in [3.8, 4) is 11.3 Å². The van der Waals surface area contributed by atoms with Crippen LogP contribution in [0.5, 0.6) is 0 Å². The highest BCUT2D eigenvalue weighted by Crippen LogP contribution is 2.37. The van der Waals surface area contributed by atoms with E-state index in [1.165, 1.54) is 18.2 Å². The average Bonchev–Trinajstić information content (AvgIpc) is 3.32. The van der Waals surface area contributed by atoms with Crippen LogP contribution in [-0.4, -0.2) is 65.2 Å². The Morgan fingerprint density at radius 3 is 2.17 bits per heavy atom. The second-order valence-electron chi connectivity index (χ2n) is 7.60. The van der Waals surface area contributed by atoms with E-state index in [1.54, 1.807) is 0 Å². The standard InChI is InChI=1S/C20H14Cl2F5N3O5S/c21-7-2-1-6(3-8(7)22)36(34)20-19(33)17(18(32)10(5-31)35-20)30-4-9(28-29-30)11-12(23)14(25)16(27)15(26)13(11)24/h1-4,10,17-20,31-33H,5H2/t10-,17+,18+,19-,20-,36?/m1/s1. The van der Waals surface area contributed by atoms with Gasteiger partial charge in [-0.05, 0) is 12.1 Å². The molecule has 6 atom stereocenters. The lowest BCUT2D eigenvalue weighted by atomic mass is 9.97. The number of ether oxygens (including phenoxy) is 1. The predicted octanol–water partition coefficient (Wildman–Crippen LogP) is 2.74. The van der Waals surface area contributed by atoms with Crippen molar-refractivity contribution in [2.45, 2.75) is 34.7 Å². The van der Waals surface area contributed by atoms with E-state index in [2.05, 4.69) is 10.3 Å². The fraction of sp³-hybridized carbons (Fsp3) is 0.300. The number of aromatic nitrogens is 3. The molecule has 194 valence electrons. The molecule has 2 heterocycles. The van der Waals surface area contributed by atoms with E-state index in [9.17, 15) is 41.8 Å². The third kappa shape index (κ3) is 4.56. The average molecular weight is 574 g/mol. The normalized spacial score (nSPS) is 25.2. The summed E-state index contributed by atoms with van der Waals surface area (Å²) in [4.78, 5) is 0.0703. The number of hydrogen-bond donors (Lipinski definition) is 3. The summed E-state index contributed by atoms with van der Waals surface area (Å²) in [6, 6.07) is 2.36. The van der Waals surface area contributed by atoms with Gasteiger partial charge in [-0.2, -0.15) is 0 Å². The molecule has 0 aliphatic carbocycles. The Morgan fingerprint density at radius 1 is 0.972 bits per heavy atom. The summed E-state index contributed by atoms with van der Waals surface area (Å²) in [5, 5.41) is 38.3. The van der Waals surface area contributed by atoms with E-state index in [1.807, 2.05) is 0 Å². The number of aliphatic hydroxyl groups is 3. The smallest absolute Gasteiger partial charge is 0.250 e. The topological polar surface area (TPSA) is 124 Å². The van der Waals surface area contributed by atoms with E-state index in [0.717, 1.165) is 0 Å². The molecule has 3 N–H and O–H groups in total. The molecular weight excluding hydrogens is 560 g/mol. The van der Waals surface area contributed by atoms with Crippen LogP contribution in [0.2, 0.25) is 10.0 Å². The zero-order chi connectivity index (χ0) is 26.5. The first kappa shape index (κ1) is 27.0. The van der Waals surface area contributed by atoms with Crippen LogP contribution in [0.25, 0.3) is 11.3 Å². The highest BCUT2D eigenvalue weighted by molar-refractivity contribution is 7.92. The zero-order valence-corrected chi connectivity index (χ0v) is 19.8. The van der Waals surface area contributed by atoms with Gasteiger partial charge in [-0.1, -0.05) is 28.4 Å². The van der Waals surface area contributed by atoms with Crippen molar-refractivity contribution in [2.24, 2.45) is 0 Å². The van der Waals surface area contributed by atoms with Crippen molar-refractivity contribution in [3.63, 3.8) is 0 Å². The molecule has 1 aliphatic heterocycles. The molecule has 0 radical (unpaired) electrons. The van der Waals surface area contributed by atoms with E-state index >= 15 is 0 Å². The monoisotopic (exact) mass is 573 g/mol. The molecule has 1 aliphatic rings. The molecule has 16 heteroatoms. The number of aliphatic hydroxyl groups excluding tert-OH is 3. The summed E-state index contributed by atoms with van der Waals surface area (Å²) in [5.74, 6) is -11.1. The summed E-state index contributed by atoms with van der Waals surface area (Å²) < 4.78 is 88.3. The van der Waals surface area contributed by atoms with Gasteiger partial charge >= 0.3 is 0 Å². The number of rotatable bonds is 5. The largest absolute Gasteiger partial charge is 0.609 e. The maximum absolute atomic E-state index is 14.2. The summed E-state index contributed by atoms with van der Waals surface area (Å²) in [6.45, 7) is -0.807. The minimum Gasteiger partial charge on any atom is -0.609 e. The minimum atomic E-state index is -2.37. The molecule has 1 saturated heterocycles. The van der Waals surface area contributed by atoms with Crippen LogP contribution in [0, 0.1) is 29.1 Å². The van der Waals surface area contributed by atoms with Gasteiger partial charge in [-0.25, -0.2) is 26.6 Å². The molecule has 0 amide bonds. The van der Waals surface area contributed by atoms with Gasteiger partial charge in [0.25, 0.3) is 0 Å². The first-order valence-corrected chi connectivity index (χ1v) is 11.9. The Kier molecular flexibility index (Phi) is 7.78. The Morgan fingerprint density at radius 2 is 1.58 bits per heavy atom. The third-order valence-corrected chi connectivity index (χ3v) is 7.73. The number of hydrogen-bond acceptors (Lipinski definition) is 7. The molecule has 2 aromatic carbocycles. The number of halogens is 7. The predicted molar refractivity (Wildman–Crippen MR) is 115 cm³/mol. The van der Waals surface area contributed by atoms with Crippen molar-refractivity contribution in [1.82, 2.24) is 15.0 Å². The van der Waals surface area contributed by atoms with Gasteiger partial charge in [0.05, 0.1) is 28.4 Å². The SMILES string of the molecule is [O-][S+](c1ccc(Cl)c(Cl)c1)[C@H]1O[C@H](CO)[C@H](O)[C@H](n2cc(-c3c(F)c(F)c(F)c(F)c3F)nn2)[C@H]1O. The maximum atomic E-state index is 14.2. The van der Waals surface area contributed by atoms with Gasteiger partial charge in [-0.3, -0.25) is 0 Å². The van der Waals surface area contributed by atoms with Crippen LogP contribution >= 0.6 is 23.2 Å². The lowest BCUT2D eigenvalue weighted by Crippen LogP contribution is -2.58. The lowest BCUT2D eigenvalue weighted by molar-refractivity contribution is -0.180.